The molecule has 0 aliphatic rings. The summed E-state index contributed by atoms with van der Waals surface area (Å²) in [5, 5.41) is 1.05. The zero-order chi connectivity index (χ0) is 14.7. The molecule has 0 saturated carbocycles. The predicted molar refractivity (Wildman–Crippen MR) is 83.0 cm³/mol. The van der Waals surface area contributed by atoms with Crippen LogP contribution in [-0.2, 0) is 0 Å². The van der Waals surface area contributed by atoms with E-state index in [4.69, 9.17) is 10.5 Å². The number of nitrogens with two attached hydrogens (primary N) is 1. The number of pyridine rings is 2. The number of rotatable bonds is 4. The van der Waals surface area contributed by atoms with Crippen LogP contribution in [0.3, 0.4) is 0 Å². The normalized spacial score (nSPS) is 13.8. The lowest BCUT2D eigenvalue weighted by molar-refractivity contribution is 0.182. The third kappa shape index (κ3) is 2.85. The first-order valence-corrected chi connectivity index (χ1v) is 6.91. The molecule has 0 radical (unpaired) electrons. The molecule has 0 bridgehead atoms. The molecule has 2 heterocycles. The van der Waals surface area contributed by atoms with Crippen molar-refractivity contribution < 1.29 is 4.74 Å². The van der Waals surface area contributed by atoms with Crippen molar-refractivity contribution in [3.05, 3.63) is 66.6 Å². The van der Waals surface area contributed by atoms with E-state index in [0.717, 1.165) is 22.2 Å². The van der Waals surface area contributed by atoms with Gasteiger partial charge in [-0.05, 0) is 36.8 Å². The molecule has 2 N–H and O–H groups in total. The Morgan fingerprint density at radius 2 is 1.76 bits per heavy atom. The van der Waals surface area contributed by atoms with E-state index in [2.05, 4.69) is 9.97 Å². The summed E-state index contributed by atoms with van der Waals surface area (Å²) in [5.41, 5.74) is 7.95. The van der Waals surface area contributed by atoms with Gasteiger partial charge in [-0.2, -0.15) is 0 Å². The van der Waals surface area contributed by atoms with Gasteiger partial charge in [0.1, 0.15) is 17.4 Å². The lowest BCUT2D eigenvalue weighted by Crippen LogP contribution is -2.29. The van der Waals surface area contributed by atoms with Crippen LogP contribution in [0.2, 0.25) is 0 Å². The molecular weight excluding hydrogens is 262 g/mol. The van der Waals surface area contributed by atoms with Crippen LogP contribution < -0.4 is 10.5 Å². The summed E-state index contributed by atoms with van der Waals surface area (Å²) in [6.45, 7) is 1.93. The van der Waals surface area contributed by atoms with E-state index in [1.54, 1.807) is 18.6 Å². The van der Waals surface area contributed by atoms with Gasteiger partial charge in [-0.25, -0.2) is 0 Å². The van der Waals surface area contributed by atoms with Crippen LogP contribution in [0.4, 0.5) is 0 Å². The largest absolute Gasteiger partial charge is 0.482 e. The Labute approximate surface area is 123 Å². The van der Waals surface area contributed by atoms with Gasteiger partial charge in [0.15, 0.2) is 0 Å². The van der Waals surface area contributed by atoms with Gasteiger partial charge in [0.25, 0.3) is 0 Å². The molecule has 4 nitrogen and oxygen atoms in total. The van der Waals surface area contributed by atoms with E-state index < -0.39 is 0 Å². The molecule has 0 spiro atoms. The van der Waals surface area contributed by atoms with Gasteiger partial charge in [-0.3, -0.25) is 9.97 Å². The summed E-state index contributed by atoms with van der Waals surface area (Å²) < 4.78 is 6.16. The number of ether oxygens (including phenoxy) is 1. The highest BCUT2D eigenvalue weighted by molar-refractivity contribution is 5.84. The molecule has 0 saturated heterocycles. The van der Waals surface area contributed by atoms with Crippen LogP contribution in [0.5, 0.6) is 5.75 Å². The summed E-state index contributed by atoms with van der Waals surface area (Å²) in [4.78, 5) is 8.44. The van der Waals surface area contributed by atoms with Crippen LogP contribution in [0.15, 0.2) is 61.1 Å². The second-order valence-electron chi connectivity index (χ2n) is 5.01. The number of para-hydroxylation sites is 1. The van der Waals surface area contributed by atoms with E-state index in [-0.39, 0.29) is 12.1 Å². The number of nitrogens with zero attached hydrogens (tertiary/aromatic N) is 2. The van der Waals surface area contributed by atoms with E-state index >= 15 is 0 Å². The summed E-state index contributed by atoms with van der Waals surface area (Å²) >= 11 is 0. The lowest BCUT2D eigenvalue weighted by atomic mass is 10.1. The molecule has 1 aromatic carbocycles. The first-order chi connectivity index (χ1) is 10.3. The third-order valence-corrected chi connectivity index (χ3v) is 3.36. The van der Waals surface area contributed by atoms with Crippen LogP contribution >= 0.6 is 0 Å². The van der Waals surface area contributed by atoms with Gasteiger partial charge in [0.2, 0.25) is 0 Å². The summed E-state index contributed by atoms with van der Waals surface area (Å²) in [6, 6.07) is 13.5. The maximum absolute atomic E-state index is 6.16. The van der Waals surface area contributed by atoms with Crippen LogP contribution in [0, 0.1) is 0 Å². The number of benzene rings is 1. The van der Waals surface area contributed by atoms with Crippen LogP contribution in [0.25, 0.3) is 10.9 Å². The average molecular weight is 279 g/mol. The molecule has 3 aromatic rings. The minimum absolute atomic E-state index is 0.147. The Morgan fingerprint density at radius 3 is 2.52 bits per heavy atom. The maximum atomic E-state index is 6.16. The van der Waals surface area contributed by atoms with Crippen molar-refractivity contribution in [3.63, 3.8) is 0 Å². The molecule has 3 rings (SSSR count). The van der Waals surface area contributed by atoms with Crippen molar-refractivity contribution in [3.8, 4) is 5.75 Å². The van der Waals surface area contributed by atoms with Crippen molar-refractivity contribution in [2.24, 2.45) is 5.73 Å². The Morgan fingerprint density at radius 1 is 1.00 bits per heavy atom. The molecular formula is C17H17N3O. The lowest BCUT2D eigenvalue weighted by Gasteiger charge is -2.23. The van der Waals surface area contributed by atoms with Crippen molar-refractivity contribution in [2.45, 2.75) is 19.1 Å². The van der Waals surface area contributed by atoms with Gasteiger partial charge in [-0.1, -0.05) is 18.2 Å². The Bertz CT molecular complexity index is 723. The fourth-order valence-corrected chi connectivity index (χ4v) is 2.34. The maximum Gasteiger partial charge on any atom is 0.146 e. The molecule has 0 aliphatic carbocycles. The Kier molecular flexibility index (Phi) is 3.79. The monoisotopic (exact) mass is 279 g/mol. The summed E-state index contributed by atoms with van der Waals surface area (Å²) in [6.07, 6.45) is 5.02. The predicted octanol–water partition coefficient (Wildman–Crippen LogP) is 3.10. The van der Waals surface area contributed by atoms with Crippen molar-refractivity contribution in [1.29, 1.82) is 0 Å². The second kappa shape index (κ2) is 5.89. The van der Waals surface area contributed by atoms with Crippen molar-refractivity contribution in [2.75, 3.05) is 0 Å². The van der Waals surface area contributed by atoms with Gasteiger partial charge < -0.3 is 10.5 Å². The summed E-state index contributed by atoms with van der Waals surface area (Å²) in [5.74, 6) is 0.743. The Hall–Kier alpha value is -2.46. The fraction of sp³-hybridized carbons (Fsp3) is 0.176. The van der Waals surface area contributed by atoms with E-state index in [0.29, 0.717) is 0 Å². The van der Waals surface area contributed by atoms with E-state index in [1.807, 2.05) is 49.4 Å². The molecule has 2 unspecified atom stereocenters. The SMILES string of the molecule is CC(N)C(Oc1cccc2cccnc12)c1ccncc1. The molecule has 21 heavy (non-hydrogen) atoms. The average Bonchev–Trinajstić information content (AvgIpc) is 2.53. The first kappa shape index (κ1) is 13.5. The molecule has 2 atom stereocenters. The molecule has 2 aromatic heterocycles. The molecule has 0 aliphatic heterocycles. The Balaban J connectivity index is 1.99. The number of aromatic nitrogens is 2. The number of hydrogen-bond donors (Lipinski definition) is 1. The van der Waals surface area contributed by atoms with Gasteiger partial charge >= 0.3 is 0 Å². The zero-order valence-electron chi connectivity index (χ0n) is 11.8. The highest BCUT2D eigenvalue weighted by atomic mass is 16.5. The number of fused-ring (bicyclic) bond motifs is 1. The summed E-state index contributed by atoms with van der Waals surface area (Å²) in [7, 11) is 0. The van der Waals surface area contributed by atoms with Crippen LogP contribution in [-0.4, -0.2) is 16.0 Å². The highest BCUT2D eigenvalue weighted by Gasteiger charge is 2.19. The minimum atomic E-state index is -0.236. The first-order valence-electron chi connectivity index (χ1n) is 6.91. The smallest absolute Gasteiger partial charge is 0.146 e. The molecule has 0 amide bonds. The van der Waals surface area contributed by atoms with Gasteiger partial charge in [0.05, 0.1) is 0 Å². The zero-order valence-corrected chi connectivity index (χ0v) is 11.8. The number of hydrogen-bond acceptors (Lipinski definition) is 4. The quantitative estimate of drug-likeness (QED) is 0.797. The molecule has 106 valence electrons. The van der Waals surface area contributed by atoms with Crippen LogP contribution in [0.1, 0.15) is 18.6 Å². The third-order valence-electron chi connectivity index (χ3n) is 3.36. The van der Waals surface area contributed by atoms with Gasteiger partial charge in [0, 0.05) is 30.0 Å². The van der Waals surface area contributed by atoms with Crippen molar-refractivity contribution in [1.82, 2.24) is 9.97 Å². The topological polar surface area (TPSA) is 61.0 Å². The second-order valence-corrected chi connectivity index (χ2v) is 5.01. The van der Waals surface area contributed by atoms with E-state index in [1.165, 1.54) is 0 Å². The van der Waals surface area contributed by atoms with E-state index in [9.17, 15) is 0 Å². The van der Waals surface area contributed by atoms with Crippen molar-refractivity contribution >= 4 is 10.9 Å². The highest BCUT2D eigenvalue weighted by Crippen LogP contribution is 2.29. The molecule has 0 fully saturated rings. The minimum Gasteiger partial charge on any atom is -0.482 e. The molecule has 4 heteroatoms. The van der Waals surface area contributed by atoms with Gasteiger partial charge in [-0.15, -0.1) is 0 Å². The standard InChI is InChI=1S/C17H17N3O/c1-12(18)17(14-7-10-19-11-8-14)21-15-6-2-4-13-5-3-9-20-16(13)15/h2-12,17H,18H2,1H3. The fourth-order valence-electron chi connectivity index (χ4n) is 2.34.